The smallest absolute Gasteiger partial charge is 0.852 e. The van der Waals surface area contributed by atoms with Gasteiger partial charge in [-0.25, -0.2) is 0 Å². The zero-order chi connectivity index (χ0) is 27.7. The van der Waals surface area contributed by atoms with Gasteiger partial charge in [-0.15, -0.1) is 18.3 Å². The second-order valence-corrected chi connectivity index (χ2v) is 7.84. The van der Waals surface area contributed by atoms with Crippen LogP contribution in [0, 0.1) is 0 Å². The second-order valence-electron chi connectivity index (χ2n) is 7.84. The first-order chi connectivity index (χ1) is 13.5. The molecule has 0 radical (unpaired) electrons. The fourth-order valence-electron chi connectivity index (χ4n) is 0. The van der Waals surface area contributed by atoms with Gasteiger partial charge < -0.3 is 40.9 Å². The molecule has 210 valence electrons. The van der Waals surface area contributed by atoms with Crippen LogP contribution in [-0.2, 0) is 0 Å². The van der Waals surface area contributed by atoms with Crippen LogP contribution in [0.1, 0.15) is 104 Å². The summed E-state index contributed by atoms with van der Waals surface area (Å²) in [5, 5.41) is 68.4. The monoisotopic (exact) mass is 522 g/mol. The van der Waals surface area contributed by atoms with Crippen molar-refractivity contribution >= 4 is 28.3 Å². The van der Waals surface area contributed by atoms with Gasteiger partial charge in [-0.3, -0.25) is 0 Å². The summed E-state index contributed by atoms with van der Waals surface area (Å²) < 4.78 is 0. The molecule has 0 aromatic heterocycles. The Morgan fingerprint density at radius 2 is 0.455 bits per heavy atom. The minimum atomic E-state index is -0.417. The van der Waals surface area contributed by atoms with E-state index in [1.54, 1.807) is 104 Å². The van der Waals surface area contributed by atoms with Gasteiger partial charge in [0, 0.05) is 31.0 Å². The van der Waals surface area contributed by atoms with E-state index in [0.29, 0.717) is 0 Å². The van der Waals surface area contributed by atoms with Crippen molar-refractivity contribution in [2.24, 2.45) is 0 Å². The van der Waals surface area contributed by atoms with E-state index >= 15 is 0 Å². The fraction of sp³-hybridized carbons (Fsp3) is 1.00. The molecular weight excluding hydrogens is 459 g/mol. The molecular formula is C23H63AlO8Si. The Balaban J connectivity index is -0.0000000227. The average molecular weight is 523 g/mol. The molecule has 0 heterocycles. The molecule has 0 aromatic rings. The van der Waals surface area contributed by atoms with Gasteiger partial charge in [0.05, 0.1) is 0 Å². The van der Waals surface area contributed by atoms with Gasteiger partial charge in [-0.2, -0.15) is 0 Å². The molecule has 5 N–H and O–H groups in total. The molecule has 10 heteroatoms. The fourth-order valence-corrected chi connectivity index (χ4v) is 0. The topological polar surface area (TPSA) is 170 Å². The molecule has 0 atom stereocenters. The van der Waals surface area contributed by atoms with Crippen LogP contribution in [0.4, 0.5) is 0 Å². The summed E-state index contributed by atoms with van der Waals surface area (Å²) in [4.78, 5) is 0. The van der Waals surface area contributed by atoms with Crippen molar-refractivity contribution < 1.29 is 40.9 Å². The van der Waals surface area contributed by atoms with Crippen LogP contribution in [0.25, 0.3) is 0 Å². The number of hydrogen-bond acceptors (Lipinski definition) is 8. The number of aliphatic hydroxyl groups excluding tert-OH is 5. The molecule has 0 aliphatic heterocycles. The Morgan fingerprint density at radius 3 is 0.455 bits per heavy atom. The van der Waals surface area contributed by atoms with Gasteiger partial charge in [0.1, 0.15) is 0 Å². The summed E-state index contributed by atoms with van der Waals surface area (Å²) in [6.45, 7) is 25.4. The Hall–Kier alpha value is 0.429. The molecule has 0 unspecified atom stereocenters. The van der Waals surface area contributed by atoms with Gasteiger partial charge in [-0.1, -0.05) is 41.5 Å². The Labute approximate surface area is 222 Å². The van der Waals surface area contributed by atoms with Crippen molar-refractivity contribution in [1.29, 1.82) is 0 Å². The molecule has 33 heavy (non-hydrogen) atoms. The number of rotatable bonds is 0. The zero-order valence-corrected chi connectivity index (χ0v) is 24.9. The van der Waals surface area contributed by atoms with Crippen LogP contribution in [0.2, 0.25) is 0 Å². The van der Waals surface area contributed by atoms with Crippen molar-refractivity contribution in [1.82, 2.24) is 0 Å². The van der Waals surface area contributed by atoms with E-state index < -0.39 is 18.3 Å². The van der Waals surface area contributed by atoms with Gasteiger partial charge in [0.25, 0.3) is 0 Å². The van der Waals surface area contributed by atoms with E-state index in [0.717, 1.165) is 0 Å². The molecule has 0 amide bonds. The van der Waals surface area contributed by atoms with Gasteiger partial charge >= 0.3 is 17.4 Å². The summed E-state index contributed by atoms with van der Waals surface area (Å²) in [6.07, 6.45) is -1.92. The van der Waals surface area contributed by atoms with Gasteiger partial charge in [0.15, 0.2) is 0 Å². The number of hydrogen-bond donors (Lipinski definition) is 5. The Kier molecular flexibility index (Phi) is 124. The summed E-state index contributed by atoms with van der Waals surface area (Å²) in [5.41, 5.74) is 0. The van der Waals surface area contributed by atoms with Crippen LogP contribution in [0.5, 0.6) is 0 Å². The summed E-state index contributed by atoms with van der Waals surface area (Å²) in [5.74, 6) is 0. The van der Waals surface area contributed by atoms with Crippen molar-refractivity contribution in [3.8, 4) is 0 Å². The van der Waals surface area contributed by atoms with Crippen molar-refractivity contribution in [3.05, 3.63) is 0 Å². The van der Waals surface area contributed by atoms with Crippen LogP contribution in [-0.4, -0.2) is 103 Å². The van der Waals surface area contributed by atoms with Crippen molar-refractivity contribution in [3.63, 3.8) is 0 Å². The Morgan fingerprint density at radius 1 is 0.455 bits per heavy atom. The number of aliphatic hydroxyl groups is 5. The van der Waals surface area contributed by atoms with E-state index in [2.05, 4.69) is 0 Å². The first kappa shape index (κ1) is 64.0. The standard InChI is InChI=1S/4C3H8O.3C3H7O.C2H6O.Al.H4Si/c7*1-3(2)4;1-2-3;;/h4*3-4H,1-2H3;3*3H,1-2H3;3H,2H2,1H3;;1H4/q;;;;3*-1;;+3;. The SMILES string of the molecule is CC(C)O.CC(C)O.CC(C)O.CC(C)O.CC(C)[O-].CC(C)[O-].CC(C)[O-].CCO.[Al+3].[SiH4]. The summed E-state index contributed by atoms with van der Waals surface area (Å²) in [7, 11) is 0. The molecule has 8 nitrogen and oxygen atoms in total. The minimum absolute atomic E-state index is 0. The molecule has 0 spiro atoms. The molecule has 0 aliphatic carbocycles. The predicted molar refractivity (Wildman–Crippen MR) is 145 cm³/mol. The van der Waals surface area contributed by atoms with E-state index in [9.17, 15) is 15.3 Å². The molecule has 0 rings (SSSR count). The van der Waals surface area contributed by atoms with Gasteiger partial charge in [0.2, 0.25) is 0 Å². The van der Waals surface area contributed by atoms with Crippen LogP contribution < -0.4 is 15.3 Å². The summed E-state index contributed by atoms with van der Waals surface area (Å²) >= 11 is 0. The van der Waals surface area contributed by atoms with Crippen LogP contribution >= 0.6 is 0 Å². The van der Waals surface area contributed by atoms with Crippen molar-refractivity contribution in [2.45, 2.75) is 147 Å². The molecule has 0 fully saturated rings. The third-order valence-electron chi connectivity index (χ3n) is 0. The van der Waals surface area contributed by atoms with Gasteiger partial charge in [-0.05, 0) is 73.3 Å². The summed E-state index contributed by atoms with van der Waals surface area (Å²) in [6, 6.07) is 0. The molecule has 0 saturated heterocycles. The van der Waals surface area contributed by atoms with E-state index in [1.807, 2.05) is 0 Å². The molecule has 0 saturated carbocycles. The predicted octanol–water partition coefficient (Wildman–Crippen LogP) is -1.02. The maximum Gasteiger partial charge on any atom is 3.00 e. The normalized spacial score (nSPS) is 8.18. The van der Waals surface area contributed by atoms with Crippen LogP contribution in [0.15, 0.2) is 0 Å². The quantitative estimate of drug-likeness (QED) is 0.252. The first-order valence-electron chi connectivity index (χ1n) is 10.8. The molecule has 0 aromatic carbocycles. The maximum atomic E-state index is 9.53. The second kappa shape index (κ2) is 63.7. The average Bonchev–Trinajstić information content (AvgIpc) is 2.32. The minimum Gasteiger partial charge on any atom is -0.852 e. The first-order valence-corrected chi connectivity index (χ1v) is 10.8. The van der Waals surface area contributed by atoms with E-state index in [4.69, 9.17) is 25.5 Å². The third kappa shape index (κ3) is 163000. The molecule has 0 bridgehead atoms. The zero-order valence-electron chi connectivity index (χ0n) is 23.8. The van der Waals surface area contributed by atoms with E-state index in [1.165, 1.54) is 0 Å². The van der Waals surface area contributed by atoms with E-state index in [-0.39, 0.29) is 59.3 Å². The third-order valence-corrected chi connectivity index (χ3v) is 0. The Bertz CT molecular complexity index is 142. The molecule has 0 aliphatic rings. The van der Waals surface area contributed by atoms with Crippen molar-refractivity contribution in [2.75, 3.05) is 6.61 Å². The maximum absolute atomic E-state index is 9.53. The largest absolute Gasteiger partial charge is 3.00 e. The van der Waals surface area contributed by atoms with Crippen LogP contribution in [0.3, 0.4) is 0 Å².